The van der Waals surface area contributed by atoms with Crippen molar-refractivity contribution in [2.75, 3.05) is 24.3 Å². The maximum absolute atomic E-state index is 11.7. The third kappa shape index (κ3) is 5.09. The Morgan fingerprint density at radius 2 is 2.26 bits per heavy atom. The first-order valence-electron chi connectivity index (χ1n) is 6.58. The molecule has 0 unspecified atom stereocenters. The van der Waals surface area contributed by atoms with Crippen molar-refractivity contribution < 1.29 is 9.53 Å². The van der Waals surface area contributed by atoms with Gasteiger partial charge in [-0.05, 0) is 43.4 Å². The van der Waals surface area contributed by atoms with E-state index in [0.717, 1.165) is 18.9 Å². The quantitative estimate of drug-likeness (QED) is 0.597. The van der Waals surface area contributed by atoms with Crippen LogP contribution in [-0.2, 0) is 9.53 Å². The molecule has 0 aliphatic heterocycles. The van der Waals surface area contributed by atoms with Crippen LogP contribution in [-0.4, -0.2) is 19.1 Å². The number of hydrogen-bond donors (Lipinski definition) is 2. The molecular weight excluding hydrogens is 264 g/mol. The van der Waals surface area contributed by atoms with E-state index in [2.05, 4.69) is 5.32 Å². The average molecular weight is 283 g/mol. The molecule has 0 bridgehead atoms. The molecule has 0 saturated heterocycles. The minimum atomic E-state index is -0.0518. The molecule has 0 atom stereocenters. The average Bonchev–Trinajstić information content (AvgIpc) is 3.16. The van der Waals surface area contributed by atoms with Crippen LogP contribution in [0, 0.1) is 5.92 Å². The SMILES string of the molecule is Nc1cc(Cl)ccc1NC(=O)CCCOCC1CC1. The van der Waals surface area contributed by atoms with E-state index >= 15 is 0 Å². The molecule has 0 aromatic heterocycles. The number of rotatable bonds is 7. The summed E-state index contributed by atoms with van der Waals surface area (Å²) in [6.45, 7) is 1.48. The van der Waals surface area contributed by atoms with Crippen LogP contribution in [0.1, 0.15) is 25.7 Å². The van der Waals surface area contributed by atoms with Crippen LogP contribution in [0.3, 0.4) is 0 Å². The lowest BCUT2D eigenvalue weighted by Crippen LogP contribution is -2.13. The number of nitrogens with two attached hydrogens (primary N) is 1. The monoisotopic (exact) mass is 282 g/mol. The molecule has 1 amide bonds. The number of ether oxygens (including phenoxy) is 1. The van der Waals surface area contributed by atoms with Crippen LogP contribution >= 0.6 is 11.6 Å². The van der Waals surface area contributed by atoms with Gasteiger partial charge >= 0.3 is 0 Å². The van der Waals surface area contributed by atoms with Crippen LogP contribution in [0.5, 0.6) is 0 Å². The van der Waals surface area contributed by atoms with Gasteiger partial charge in [0.1, 0.15) is 0 Å². The predicted molar refractivity (Wildman–Crippen MR) is 77.3 cm³/mol. The third-order valence-corrected chi connectivity index (χ3v) is 3.27. The maximum Gasteiger partial charge on any atom is 0.224 e. The molecule has 1 fully saturated rings. The number of amides is 1. The number of anilines is 2. The minimum Gasteiger partial charge on any atom is -0.397 e. The Hall–Kier alpha value is -1.26. The summed E-state index contributed by atoms with van der Waals surface area (Å²) >= 11 is 5.79. The van der Waals surface area contributed by atoms with Crippen molar-refractivity contribution in [2.24, 2.45) is 5.92 Å². The first-order valence-corrected chi connectivity index (χ1v) is 6.95. The number of nitrogen functional groups attached to an aromatic ring is 1. The third-order valence-electron chi connectivity index (χ3n) is 3.03. The highest BCUT2D eigenvalue weighted by atomic mass is 35.5. The molecule has 5 heteroatoms. The summed E-state index contributed by atoms with van der Waals surface area (Å²) < 4.78 is 5.48. The molecule has 1 aliphatic rings. The fraction of sp³-hybridized carbons (Fsp3) is 0.500. The highest BCUT2D eigenvalue weighted by Crippen LogP contribution is 2.28. The van der Waals surface area contributed by atoms with Gasteiger partial charge in [0.2, 0.25) is 5.91 Å². The molecule has 0 heterocycles. The zero-order chi connectivity index (χ0) is 13.7. The van der Waals surface area contributed by atoms with Crippen LogP contribution in [0.15, 0.2) is 18.2 Å². The van der Waals surface area contributed by atoms with E-state index in [4.69, 9.17) is 22.1 Å². The number of hydrogen-bond acceptors (Lipinski definition) is 3. The lowest BCUT2D eigenvalue weighted by molar-refractivity contribution is -0.116. The first-order chi connectivity index (χ1) is 9.15. The van der Waals surface area contributed by atoms with Crippen molar-refractivity contribution in [1.29, 1.82) is 0 Å². The van der Waals surface area contributed by atoms with E-state index in [1.165, 1.54) is 12.8 Å². The lowest BCUT2D eigenvalue weighted by atomic mass is 10.2. The van der Waals surface area contributed by atoms with Crippen molar-refractivity contribution in [3.8, 4) is 0 Å². The molecular formula is C14H19ClN2O2. The molecule has 19 heavy (non-hydrogen) atoms. The fourth-order valence-corrected chi connectivity index (χ4v) is 1.91. The van der Waals surface area contributed by atoms with Crippen molar-refractivity contribution in [2.45, 2.75) is 25.7 Å². The first kappa shape index (κ1) is 14.2. The van der Waals surface area contributed by atoms with Gasteiger partial charge in [-0.15, -0.1) is 0 Å². The predicted octanol–water partition coefficient (Wildman–Crippen LogP) is 3.07. The number of carbonyl (C=O) groups excluding carboxylic acids is 1. The molecule has 104 valence electrons. The van der Waals surface area contributed by atoms with Crippen molar-refractivity contribution in [3.05, 3.63) is 23.2 Å². The summed E-state index contributed by atoms with van der Waals surface area (Å²) in [5, 5.41) is 3.33. The Morgan fingerprint density at radius 3 is 2.95 bits per heavy atom. The number of nitrogens with one attached hydrogen (secondary N) is 1. The molecule has 0 spiro atoms. The number of benzene rings is 1. The normalized spacial score (nSPS) is 14.4. The van der Waals surface area contributed by atoms with E-state index in [9.17, 15) is 4.79 Å². The van der Waals surface area contributed by atoms with Crippen LogP contribution < -0.4 is 11.1 Å². The Morgan fingerprint density at radius 1 is 1.47 bits per heavy atom. The lowest BCUT2D eigenvalue weighted by Gasteiger charge is -2.08. The highest BCUT2D eigenvalue weighted by Gasteiger charge is 2.20. The Bertz CT molecular complexity index is 447. The summed E-state index contributed by atoms with van der Waals surface area (Å²) in [7, 11) is 0. The fourth-order valence-electron chi connectivity index (χ4n) is 1.73. The molecule has 3 N–H and O–H groups in total. The largest absolute Gasteiger partial charge is 0.397 e. The zero-order valence-corrected chi connectivity index (χ0v) is 11.6. The van der Waals surface area contributed by atoms with E-state index in [0.29, 0.717) is 29.4 Å². The Labute approximate surface area is 118 Å². The van der Waals surface area contributed by atoms with Crippen molar-refractivity contribution in [3.63, 3.8) is 0 Å². The summed E-state index contributed by atoms with van der Waals surface area (Å²) in [6.07, 6.45) is 3.74. The second kappa shape index (κ2) is 6.78. The number of carbonyl (C=O) groups is 1. The van der Waals surface area contributed by atoms with Gasteiger partial charge in [0, 0.05) is 24.7 Å². The zero-order valence-electron chi connectivity index (χ0n) is 10.8. The molecule has 1 saturated carbocycles. The van der Waals surface area contributed by atoms with Crippen molar-refractivity contribution >= 4 is 28.9 Å². The minimum absolute atomic E-state index is 0.0518. The maximum atomic E-state index is 11.7. The van der Waals surface area contributed by atoms with Gasteiger partial charge in [-0.3, -0.25) is 4.79 Å². The second-order valence-corrected chi connectivity index (χ2v) is 5.34. The summed E-state index contributed by atoms with van der Waals surface area (Å²) in [5.74, 6) is 0.715. The van der Waals surface area contributed by atoms with Gasteiger partial charge in [0.15, 0.2) is 0 Å². The van der Waals surface area contributed by atoms with Gasteiger partial charge in [0.05, 0.1) is 11.4 Å². The van der Waals surface area contributed by atoms with Crippen LogP contribution in [0.4, 0.5) is 11.4 Å². The van der Waals surface area contributed by atoms with Gasteiger partial charge in [-0.1, -0.05) is 11.6 Å². The van der Waals surface area contributed by atoms with E-state index in [-0.39, 0.29) is 5.91 Å². The molecule has 0 radical (unpaired) electrons. The smallest absolute Gasteiger partial charge is 0.224 e. The van der Waals surface area contributed by atoms with Gasteiger partial charge in [0.25, 0.3) is 0 Å². The van der Waals surface area contributed by atoms with E-state index < -0.39 is 0 Å². The molecule has 2 rings (SSSR count). The van der Waals surface area contributed by atoms with Crippen LogP contribution in [0.25, 0.3) is 0 Å². The van der Waals surface area contributed by atoms with Crippen molar-refractivity contribution in [1.82, 2.24) is 0 Å². The van der Waals surface area contributed by atoms with Gasteiger partial charge < -0.3 is 15.8 Å². The highest BCUT2D eigenvalue weighted by molar-refractivity contribution is 6.31. The van der Waals surface area contributed by atoms with Crippen LogP contribution in [0.2, 0.25) is 5.02 Å². The molecule has 1 aliphatic carbocycles. The van der Waals surface area contributed by atoms with E-state index in [1.807, 2.05) is 0 Å². The topological polar surface area (TPSA) is 64.3 Å². The number of halogens is 1. The molecule has 4 nitrogen and oxygen atoms in total. The Balaban J connectivity index is 1.65. The Kier molecular flexibility index (Phi) is 5.05. The standard InChI is InChI=1S/C14H19ClN2O2/c15-11-5-6-13(12(16)8-11)17-14(18)2-1-7-19-9-10-3-4-10/h5-6,8,10H,1-4,7,9,16H2,(H,17,18). The second-order valence-electron chi connectivity index (χ2n) is 4.90. The van der Waals surface area contributed by atoms with Gasteiger partial charge in [-0.2, -0.15) is 0 Å². The van der Waals surface area contributed by atoms with E-state index in [1.54, 1.807) is 18.2 Å². The molecule has 1 aromatic rings. The summed E-state index contributed by atoms with van der Waals surface area (Å²) in [4.78, 5) is 11.7. The van der Waals surface area contributed by atoms with Gasteiger partial charge in [-0.25, -0.2) is 0 Å². The summed E-state index contributed by atoms with van der Waals surface area (Å²) in [5.41, 5.74) is 6.84. The molecule has 1 aromatic carbocycles. The summed E-state index contributed by atoms with van der Waals surface area (Å²) in [6, 6.07) is 5.03.